The summed E-state index contributed by atoms with van der Waals surface area (Å²) in [4.78, 5) is 29.6. The number of hydrogen-bond acceptors (Lipinski definition) is 8. The van der Waals surface area contributed by atoms with Gasteiger partial charge in [-0.05, 0) is 32.0 Å². The standard InChI is InChI=1S/C21H21N7S/c1-14-10-18(26-19(25-14)16-4-3-5-22-12-16)27-6-8-28(9-7-27)20-17-11-15(2)29-21(17)24-13-23-20/h3-5,10-13H,6-9H2,1-2H3. The number of anilines is 2. The Balaban J connectivity index is 1.37. The Morgan fingerprint density at radius 2 is 1.79 bits per heavy atom. The largest absolute Gasteiger partial charge is 0.353 e. The van der Waals surface area contributed by atoms with Crippen molar-refractivity contribution in [1.29, 1.82) is 0 Å². The third-order valence-electron chi connectivity index (χ3n) is 5.10. The van der Waals surface area contributed by atoms with Crippen LogP contribution in [0, 0.1) is 13.8 Å². The first-order chi connectivity index (χ1) is 14.2. The maximum atomic E-state index is 4.81. The van der Waals surface area contributed by atoms with E-state index in [1.54, 1.807) is 30.1 Å². The molecule has 0 spiro atoms. The van der Waals surface area contributed by atoms with Crippen LogP contribution in [0.1, 0.15) is 10.6 Å². The lowest BCUT2D eigenvalue weighted by Gasteiger charge is -2.36. The molecule has 1 aliphatic heterocycles. The monoisotopic (exact) mass is 403 g/mol. The average molecular weight is 404 g/mol. The third-order valence-corrected chi connectivity index (χ3v) is 6.05. The maximum Gasteiger partial charge on any atom is 0.163 e. The van der Waals surface area contributed by atoms with Crippen molar-refractivity contribution in [3.63, 3.8) is 0 Å². The van der Waals surface area contributed by atoms with Gasteiger partial charge in [0.05, 0.1) is 5.39 Å². The fourth-order valence-electron chi connectivity index (χ4n) is 3.70. The number of aryl methyl sites for hydroxylation is 2. The normalized spacial score (nSPS) is 14.6. The van der Waals surface area contributed by atoms with Crippen LogP contribution in [0.4, 0.5) is 11.6 Å². The second-order valence-corrected chi connectivity index (χ2v) is 8.41. The highest BCUT2D eigenvalue weighted by atomic mass is 32.1. The van der Waals surface area contributed by atoms with E-state index in [1.165, 1.54) is 4.88 Å². The molecular weight excluding hydrogens is 382 g/mol. The molecule has 7 nitrogen and oxygen atoms in total. The topological polar surface area (TPSA) is 70.9 Å². The Morgan fingerprint density at radius 3 is 2.59 bits per heavy atom. The van der Waals surface area contributed by atoms with Gasteiger partial charge in [-0.25, -0.2) is 19.9 Å². The molecule has 5 rings (SSSR count). The average Bonchev–Trinajstić information content (AvgIpc) is 3.14. The number of piperazine rings is 1. The van der Waals surface area contributed by atoms with Crippen molar-refractivity contribution in [3.8, 4) is 11.4 Å². The third kappa shape index (κ3) is 3.51. The molecule has 0 aromatic carbocycles. The number of thiophene rings is 1. The lowest BCUT2D eigenvalue weighted by molar-refractivity contribution is 0.642. The predicted octanol–water partition coefficient (Wildman–Crippen LogP) is 3.49. The molecule has 1 aliphatic rings. The molecule has 0 radical (unpaired) electrons. The van der Waals surface area contributed by atoms with E-state index in [4.69, 9.17) is 4.98 Å². The van der Waals surface area contributed by atoms with E-state index in [9.17, 15) is 0 Å². The summed E-state index contributed by atoms with van der Waals surface area (Å²) in [5.41, 5.74) is 1.90. The molecular formula is C21H21N7S. The van der Waals surface area contributed by atoms with Crippen molar-refractivity contribution in [2.24, 2.45) is 0 Å². The molecule has 8 heteroatoms. The minimum atomic E-state index is 0.724. The van der Waals surface area contributed by atoms with Crippen molar-refractivity contribution >= 4 is 33.2 Å². The molecule has 4 aromatic rings. The zero-order chi connectivity index (χ0) is 19.8. The maximum absolute atomic E-state index is 4.81. The van der Waals surface area contributed by atoms with E-state index in [2.05, 4.69) is 48.8 Å². The molecule has 0 aliphatic carbocycles. The van der Waals surface area contributed by atoms with Gasteiger partial charge in [-0.2, -0.15) is 0 Å². The minimum absolute atomic E-state index is 0.724. The van der Waals surface area contributed by atoms with E-state index in [0.29, 0.717) is 0 Å². The number of fused-ring (bicyclic) bond motifs is 1. The molecule has 5 heterocycles. The lowest BCUT2D eigenvalue weighted by Crippen LogP contribution is -2.47. The zero-order valence-corrected chi connectivity index (χ0v) is 17.2. The number of aromatic nitrogens is 5. The van der Waals surface area contributed by atoms with Gasteiger partial charge in [-0.15, -0.1) is 11.3 Å². The van der Waals surface area contributed by atoms with E-state index in [-0.39, 0.29) is 0 Å². The number of hydrogen-bond donors (Lipinski definition) is 0. The van der Waals surface area contributed by atoms with E-state index in [1.807, 2.05) is 19.1 Å². The molecule has 0 amide bonds. The van der Waals surface area contributed by atoms with Crippen LogP contribution < -0.4 is 9.80 Å². The number of pyridine rings is 1. The Morgan fingerprint density at radius 1 is 0.966 bits per heavy atom. The van der Waals surface area contributed by atoms with Crippen molar-refractivity contribution < 1.29 is 0 Å². The van der Waals surface area contributed by atoms with Gasteiger partial charge in [0.2, 0.25) is 0 Å². The predicted molar refractivity (Wildman–Crippen MR) is 117 cm³/mol. The van der Waals surface area contributed by atoms with Crippen LogP contribution >= 0.6 is 11.3 Å². The highest BCUT2D eigenvalue weighted by molar-refractivity contribution is 7.18. The van der Waals surface area contributed by atoms with Crippen LogP contribution in [0.5, 0.6) is 0 Å². The van der Waals surface area contributed by atoms with Crippen LogP contribution in [-0.2, 0) is 0 Å². The van der Waals surface area contributed by atoms with Crippen LogP contribution in [0.25, 0.3) is 21.6 Å². The highest BCUT2D eigenvalue weighted by Gasteiger charge is 2.22. The minimum Gasteiger partial charge on any atom is -0.353 e. The van der Waals surface area contributed by atoms with Gasteiger partial charge < -0.3 is 9.80 Å². The van der Waals surface area contributed by atoms with Crippen LogP contribution in [-0.4, -0.2) is 51.1 Å². The summed E-state index contributed by atoms with van der Waals surface area (Å²) in [5, 5.41) is 1.15. The summed E-state index contributed by atoms with van der Waals surface area (Å²) >= 11 is 1.72. The van der Waals surface area contributed by atoms with Gasteiger partial charge in [0, 0.05) is 60.8 Å². The van der Waals surface area contributed by atoms with Gasteiger partial charge in [0.1, 0.15) is 22.8 Å². The number of nitrogens with zero attached hydrogens (tertiary/aromatic N) is 7. The first-order valence-corrected chi connectivity index (χ1v) is 10.5. The molecule has 4 aromatic heterocycles. The summed E-state index contributed by atoms with van der Waals surface area (Å²) < 4.78 is 0. The SMILES string of the molecule is Cc1cc(N2CCN(c3ncnc4sc(C)cc34)CC2)nc(-c2cccnc2)n1. The van der Waals surface area contributed by atoms with Crippen LogP contribution in [0.3, 0.4) is 0 Å². The fourth-order valence-corrected chi connectivity index (χ4v) is 4.54. The van der Waals surface area contributed by atoms with Crippen molar-refractivity contribution in [2.45, 2.75) is 13.8 Å². The van der Waals surface area contributed by atoms with Gasteiger partial charge in [-0.1, -0.05) is 0 Å². The first-order valence-electron chi connectivity index (χ1n) is 9.64. The Hall–Kier alpha value is -3.13. The molecule has 0 saturated carbocycles. The lowest BCUT2D eigenvalue weighted by atomic mass is 10.2. The van der Waals surface area contributed by atoms with Gasteiger partial charge >= 0.3 is 0 Å². The molecule has 0 N–H and O–H groups in total. The summed E-state index contributed by atoms with van der Waals surface area (Å²) in [6.45, 7) is 7.69. The summed E-state index contributed by atoms with van der Waals surface area (Å²) in [7, 11) is 0. The van der Waals surface area contributed by atoms with Gasteiger partial charge in [-0.3, -0.25) is 4.98 Å². The molecule has 1 saturated heterocycles. The van der Waals surface area contributed by atoms with E-state index >= 15 is 0 Å². The van der Waals surface area contributed by atoms with Crippen LogP contribution in [0.15, 0.2) is 43.0 Å². The zero-order valence-electron chi connectivity index (χ0n) is 16.4. The summed E-state index contributed by atoms with van der Waals surface area (Å²) in [6, 6.07) is 8.15. The molecule has 0 atom stereocenters. The van der Waals surface area contributed by atoms with E-state index < -0.39 is 0 Å². The van der Waals surface area contributed by atoms with Crippen molar-refractivity contribution in [2.75, 3.05) is 36.0 Å². The van der Waals surface area contributed by atoms with Gasteiger partial charge in [0.25, 0.3) is 0 Å². The molecule has 0 unspecified atom stereocenters. The second-order valence-electron chi connectivity index (χ2n) is 7.18. The second kappa shape index (κ2) is 7.36. The van der Waals surface area contributed by atoms with Crippen molar-refractivity contribution in [1.82, 2.24) is 24.9 Å². The first kappa shape index (κ1) is 17.9. The van der Waals surface area contributed by atoms with E-state index in [0.717, 1.165) is 65.1 Å². The highest BCUT2D eigenvalue weighted by Crippen LogP contribution is 2.30. The Kier molecular flexibility index (Phi) is 4.55. The van der Waals surface area contributed by atoms with Crippen LogP contribution in [0.2, 0.25) is 0 Å². The quantitative estimate of drug-likeness (QED) is 0.518. The molecule has 1 fully saturated rings. The Bertz CT molecular complexity index is 1150. The molecule has 29 heavy (non-hydrogen) atoms. The summed E-state index contributed by atoms with van der Waals surface area (Å²) in [5.74, 6) is 2.73. The fraction of sp³-hybridized carbons (Fsp3) is 0.286. The smallest absolute Gasteiger partial charge is 0.163 e. The molecule has 0 bridgehead atoms. The Labute approximate surface area is 173 Å². The van der Waals surface area contributed by atoms with Gasteiger partial charge in [0.15, 0.2) is 5.82 Å². The molecule has 146 valence electrons. The number of rotatable bonds is 3. The summed E-state index contributed by atoms with van der Waals surface area (Å²) in [6.07, 6.45) is 5.24. The van der Waals surface area contributed by atoms with Crippen molar-refractivity contribution in [3.05, 3.63) is 53.6 Å².